The summed E-state index contributed by atoms with van der Waals surface area (Å²) in [5.41, 5.74) is 7.38. The fraction of sp³-hybridized carbons (Fsp3) is 0.536. The van der Waals surface area contributed by atoms with E-state index in [1.807, 2.05) is 12.1 Å². The normalized spacial score (nSPS) is 19.4. The predicted octanol–water partition coefficient (Wildman–Crippen LogP) is 1.59. The number of aliphatic hydroxyl groups excluding tert-OH is 1. The van der Waals surface area contributed by atoms with E-state index in [2.05, 4.69) is 43.0 Å². The van der Waals surface area contributed by atoms with Gasteiger partial charge in [-0.05, 0) is 37.0 Å². The topological polar surface area (TPSA) is 161 Å². The van der Waals surface area contributed by atoms with Gasteiger partial charge in [-0.1, -0.05) is 30.7 Å². The molecule has 0 spiro atoms. The van der Waals surface area contributed by atoms with Crippen LogP contribution in [0.2, 0.25) is 5.15 Å². The average molecular weight is 585 g/mol. The summed E-state index contributed by atoms with van der Waals surface area (Å²) in [5.74, 6) is -0.389. The maximum Gasteiger partial charge on any atom is 0.327 e. The maximum atomic E-state index is 12.8. The Hall–Kier alpha value is -3.50. The Balaban J connectivity index is 1.41. The first-order valence-electron chi connectivity index (χ1n) is 13.9. The van der Waals surface area contributed by atoms with Crippen LogP contribution in [0.25, 0.3) is 0 Å². The molecular formula is C28H37ClN8O4. The van der Waals surface area contributed by atoms with E-state index < -0.39 is 11.9 Å². The molecule has 1 aromatic heterocycles. The Morgan fingerprint density at radius 1 is 1.22 bits per heavy atom. The Kier molecular flexibility index (Phi) is 10.3. The average Bonchev–Trinajstić information content (AvgIpc) is 3.01. The third kappa shape index (κ3) is 6.87. The second kappa shape index (κ2) is 13.9. The second-order valence-electron chi connectivity index (χ2n) is 10.2. The number of aliphatic hydroxyl groups is 1. The number of halogens is 1. The Morgan fingerprint density at radius 2 is 1.93 bits per heavy atom. The largest absolute Gasteiger partial charge is 0.468 e. The highest BCUT2D eigenvalue weighted by atomic mass is 35.5. The van der Waals surface area contributed by atoms with Gasteiger partial charge in [-0.15, -0.1) is 0 Å². The minimum atomic E-state index is -0.534. The van der Waals surface area contributed by atoms with E-state index in [-0.39, 0.29) is 41.8 Å². The predicted molar refractivity (Wildman–Crippen MR) is 154 cm³/mol. The molecular weight excluding hydrogens is 548 g/mol. The number of esters is 1. The number of methoxy groups -OCH3 is 1. The number of piperazine rings is 1. The first-order valence-corrected chi connectivity index (χ1v) is 14.2. The Labute approximate surface area is 245 Å². The molecule has 13 heteroatoms. The number of nitrogens with two attached hydrogens (primary N) is 1. The number of benzene rings is 1. The standard InChI is InChI=1S/C28H37ClN8O4/c1-3-20-17-36(26-24(29)33-22(25(31)34-26)27(39)32-10-15-38)13-14-37(20)21-8-11-35(12-9-21)23(28(40)41-2)19-6-4-18(16-30)5-7-19/h4-7,20-21,23,38H,3,8-15,17H2,1-2H3,(H2,31,34)(H,32,39)/t20-,23+/m0/s1. The number of hydrogen-bond donors (Lipinski definition) is 3. The van der Waals surface area contributed by atoms with Crippen molar-refractivity contribution in [2.24, 2.45) is 0 Å². The molecule has 0 saturated carbocycles. The van der Waals surface area contributed by atoms with Crippen LogP contribution in [0.1, 0.15) is 53.8 Å². The number of carbonyl (C=O) groups excluding carboxylic acids is 2. The van der Waals surface area contributed by atoms with Crippen LogP contribution < -0.4 is 16.0 Å². The molecule has 2 saturated heterocycles. The second-order valence-corrected chi connectivity index (χ2v) is 10.6. The molecule has 0 unspecified atom stereocenters. The van der Waals surface area contributed by atoms with Crippen LogP contribution in [0.4, 0.5) is 11.6 Å². The van der Waals surface area contributed by atoms with Crippen LogP contribution in [0.5, 0.6) is 0 Å². The highest BCUT2D eigenvalue weighted by Gasteiger charge is 2.37. The molecule has 0 radical (unpaired) electrons. The summed E-state index contributed by atoms with van der Waals surface area (Å²) in [6.07, 6.45) is 2.74. The minimum Gasteiger partial charge on any atom is -0.468 e. The molecule has 12 nitrogen and oxygen atoms in total. The fourth-order valence-electron chi connectivity index (χ4n) is 5.77. The molecule has 220 valence electrons. The van der Waals surface area contributed by atoms with Crippen molar-refractivity contribution in [2.75, 3.05) is 63.6 Å². The number of hydrogen-bond acceptors (Lipinski definition) is 11. The van der Waals surface area contributed by atoms with E-state index in [0.29, 0.717) is 30.5 Å². The smallest absolute Gasteiger partial charge is 0.327 e. The van der Waals surface area contributed by atoms with Crippen LogP contribution in [-0.2, 0) is 9.53 Å². The lowest BCUT2D eigenvalue weighted by molar-refractivity contribution is -0.148. The van der Waals surface area contributed by atoms with E-state index in [1.165, 1.54) is 7.11 Å². The zero-order valence-corrected chi connectivity index (χ0v) is 24.2. The molecule has 2 aliphatic heterocycles. The molecule has 41 heavy (non-hydrogen) atoms. The summed E-state index contributed by atoms with van der Waals surface area (Å²) >= 11 is 6.47. The molecule has 1 aromatic carbocycles. The van der Waals surface area contributed by atoms with E-state index in [9.17, 15) is 9.59 Å². The molecule has 0 bridgehead atoms. The Morgan fingerprint density at radius 3 is 2.54 bits per heavy atom. The molecule has 4 N–H and O–H groups in total. The van der Waals surface area contributed by atoms with Crippen LogP contribution in [0.3, 0.4) is 0 Å². The third-order valence-corrected chi connectivity index (χ3v) is 8.14. The molecule has 4 rings (SSSR count). The first-order chi connectivity index (χ1) is 19.8. The molecule has 2 aromatic rings. The minimum absolute atomic E-state index is 0.00915. The van der Waals surface area contributed by atoms with Crippen molar-refractivity contribution >= 4 is 35.1 Å². The summed E-state index contributed by atoms with van der Waals surface area (Å²) in [7, 11) is 1.40. The van der Waals surface area contributed by atoms with E-state index >= 15 is 0 Å². The molecule has 1 amide bonds. The van der Waals surface area contributed by atoms with Gasteiger partial charge in [-0.2, -0.15) is 5.26 Å². The van der Waals surface area contributed by atoms with Gasteiger partial charge in [0.15, 0.2) is 22.5 Å². The van der Waals surface area contributed by atoms with Crippen molar-refractivity contribution in [1.82, 2.24) is 25.1 Å². The first kappa shape index (κ1) is 30.5. The highest BCUT2D eigenvalue weighted by Crippen LogP contribution is 2.32. The molecule has 2 fully saturated rings. The van der Waals surface area contributed by atoms with Crippen LogP contribution in [0.15, 0.2) is 24.3 Å². The number of piperidine rings is 1. The lowest BCUT2D eigenvalue weighted by atomic mass is 9.95. The number of aromatic nitrogens is 2. The molecule has 0 aliphatic carbocycles. The van der Waals surface area contributed by atoms with Crippen LogP contribution in [0, 0.1) is 11.3 Å². The van der Waals surface area contributed by atoms with Gasteiger partial charge < -0.3 is 25.8 Å². The number of nitrogens with zero attached hydrogens (tertiary/aromatic N) is 6. The van der Waals surface area contributed by atoms with E-state index in [0.717, 1.165) is 44.5 Å². The number of likely N-dealkylation sites (tertiary alicyclic amines) is 1. The van der Waals surface area contributed by atoms with Crippen LogP contribution >= 0.6 is 11.6 Å². The van der Waals surface area contributed by atoms with Gasteiger partial charge in [0.2, 0.25) is 0 Å². The van der Waals surface area contributed by atoms with Gasteiger partial charge in [0.05, 0.1) is 25.3 Å². The maximum absolute atomic E-state index is 12.8. The highest BCUT2D eigenvalue weighted by molar-refractivity contribution is 6.32. The third-order valence-electron chi connectivity index (χ3n) is 7.89. The van der Waals surface area contributed by atoms with Gasteiger partial charge in [-0.25, -0.2) is 14.8 Å². The van der Waals surface area contributed by atoms with Crippen molar-refractivity contribution in [2.45, 2.75) is 44.3 Å². The summed E-state index contributed by atoms with van der Waals surface area (Å²) in [6, 6.07) is 9.34. The Bertz CT molecular complexity index is 1260. The molecule has 2 aliphatic rings. The van der Waals surface area contributed by atoms with Crippen molar-refractivity contribution in [3.05, 3.63) is 46.2 Å². The summed E-state index contributed by atoms with van der Waals surface area (Å²) in [4.78, 5) is 40.5. The SMILES string of the molecule is CC[C@H]1CN(c2nc(N)c(C(=O)NCCO)nc2Cl)CCN1C1CCN([C@@H](C(=O)OC)c2ccc(C#N)cc2)CC1. The van der Waals surface area contributed by atoms with Gasteiger partial charge >= 0.3 is 5.97 Å². The van der Waals surface area contributed by atoms with E-state index in [4.69, 9.17) is 32.4 Å². The van der Waals surface area contributed by atoms with Gasteiger partial charge in [0.25, 0.3) is 5.91 Å². The van der Waals surface area contributed by atoms with Crippen molar-refractivity contribution in [3.8, 4) is 6.07 Å². The zero-order valence-electron chi connectivity index (χ0n) is 23.4. The molecule has 2 atom stereocenters. The zero-order chi connectivity index (χ0) is 29.5. The fourth-order valence-corrected chi connectivity index (χ4v) is 6.02. The number of ether oxygens (including phenoxy) is 1. The van der Waals surface area contributed by atoms with Gasteiger partial charge in [0, 0.05) is 51.4 Å². The van der Waals surface area contributed by atoms with Crippen molar-refractivity contribution in [1.29, 1.82) is 5.26 Å². The van der Waals surface area contributed by atoms with Crippen molar-refractivity contribution in [3.63, 3.8) is 0 Å². The lowest BCUT2D eigenvalue weighted by Crippen LogP contribution is -2.59. The number of nitriles is 1. The lowest BCUT2D eigenvalue weighted by Gasteiger charge is -2.48. The van der Waals surface area contributed by atoms with Gasteiger partial charge in [-0.3, -0.25) is 14.6 Å². The van der Waals surface area contributed by atoms with Crippen LogP contribution in [-0.4, -0.2) is 102 Å². The number of nitrogen functional groups attached to an aromatic ring is 1. The summed E-state index contributed by atoms with van der Waals surface area (Å²) in [6.45, 7) is 5.70. The quantitative estimate of drug-likeness (QED) is 0.367. The summed E-state index contributed by atoms with van der Waals surface area (Å²) < 4.78 is 5.14. The number of rotatable bonds is 9. The van der Waals surface area contributed by atoms with E-state index in [1.54, 1.807) is 12.1 Å². The number of nitrogens with one attached hydrogen (secondary N) is 1. The molecule has 3 heterocycles. The van der Waals surface area contributed by atoms with Crippen molar-refractivity contribution < 1.29 is 19.4 Å². The number of anilines is 2. The number of carbonyl (C=O) groups is 2. The summed E-state index contributed by atoms with van der Waals surface area (Å²) in [5, 5.41) is 20.7. The monoisotopic (exact) mass is 584 g/mol. The number of amides is 1. The van der Waals surface area contributed by atoms with Gasteiger partial charge in [0.1, 0.15) is 6.04 Å².